The third kappa shape index (κ3) is 2.98. The zero-order chi connectivity index (χ0) is 10.0. The maximum atomic E-state index is 9.96. The maximum absolute atomic E-state index is 9.96. The lowest BCUT2D eigenvalue weighted by Gasteiger charge is -2.37. The Balaban J connectivity index is 2.51. The van der Waals surface area contributed by atoms with Gasteiger partial charge in [-0.3, -0.25) is 0 Å². The third-order valence-electron chi connectivity index (χ3n) is 3.39. The summed E-state index contributed by atoms with van der Waals surface area (Å²) in [6, 6.07) is 0. The summed E-state index contributed by atoms with van der Waals surface area (Å²) in [6.07, 6.45) is 3.46. The molecule has 0 saturated heterocycles. The molecule has 1 aliphatic rings. The summed E-state index contributed by atoms with van der Waals surface area (Å²) in [5, 5.41) is 9.96. The SMILES string of the molecule is CC(C)CC1C(C)CC(C)CC1O. The molecule has 1 rings (SSSR count). The van der Waals surface area contributed by atoms with E-state index in [1.807, 2.05) is 0 Å². The number of hydrogen-bond acceptors (Lipinski definition) is 1. The summed E-state index contributed by atoms with van der Waals surface area (Å²) in [5.74, 6) is 2.70. The number of rotatable bonds is 2. The van der Waals surface area contributed by atoms with Gasteiger partial charge >= 0.3 is 0 Å². The van der Waals surface area contributed by atoms with Crippen molar-refractivity contribution in [3.63, 3.8) is 0 Å². The highest BCUT2D eigenvalue weighted by atomic mass is 16.3. The molecule has 1 heteroatoms. The van der Waals surface area contributed by atoms with E-state index in [0.717, 1.165) is 12.3 Å². The van der Waals surface area contributed by atoms with Crippen LogP contribution < -0.4 is 0 Å². The molecule has 13 heavy (non-hydrogen) atoms. The smallest absolute Gasteiger partial charge is 0.0573 e. The molecule has 1 N–H and O–H groups in total. The van der Waals surface area contributed by atoms with Crippen molar-refractivity contribution in [1.82, 2.24) is 0 Å². The summed E-state index contributed by atoms with van der Waals surface area (Å²) in [7, 11) is 0. The molecule has 0 aliphatic heterocycles. The first-order valence-corrected chi connectivity index (χ1v) is 5.68. The number of aliphatic hydroxyl groups excluding tert-OH is 1. The Labute approximate surface area is 82.5 Å². The van der Waals surface area contributed by atoms with Crippen molar-refractivity contribution in [2.24, 2.45) is 23.7 Å². The summed E-state index contributed by atoms with van der Waals surface area (Å²) in [4.78, 5) is 0. The van der Waals surface area contributed by atoms with E-state index in [2.05, 4.69) is 27.7 Å². The van der Waals surface area contributed by atoms with Crippen LogP contribution in [0.5, 0.6) is 0 Å². The van der Waals surface area contributed by atoms with Crippen LogP contribution in [-0.2, 0) is 0 Å². The molecule has 1 aliphatic carbocycles. The van der Waals surface area contributed by atoms with Crippen LogP contribution in [0, 0.1) is 23.7 Å². The van der Waals surface area contributed by atoms with Gasteiger partial charge in [0.15, 0.2) is 0 Å². The average Bonchev–Trinajstić information content (AvgIpc) is 1.96. The van der Waals surface area contributed by atoms with Crippen LogP contribution in [0.4, 0.5) is 0 Å². The van der Waals surface area contributed by atoms with E-state index in [-0.39, 0.29) is 6.10 Å². The average molecular weight is 184 g/mol. The highest BCUT2D eigenvalue weighted by Crippen LogP contribution is 2.37. The fourth-order valence-corrected chi connectivity index (χ4v) is 2.81. The molecule has 0 aromatic carbocycles. The molecule has 78 valence electrons. The van der Waals surface area contributed by atoms with E-state index in [9.17, 15) is 5.11 Å². The highest BCUT2D eigenvalue weighted by molar-refractivity contribution is 4.83. The second-order valence-corrected chi connectivity index (χ2v) is 5.41. The van der Waals surface area contributed by atoms with Crippen molar-refractivity contribution < 1.29 is 5.11 Å². The molecule has 0 aromatic rings. The minimum Gasteiger partial charge on any atom is -0.393 e. The van der Waals surface area contributed by atoms with Gasteiger partial charge in [-0.05, 0) is 42.9 Å². The minimum atomic E-state index is -0.0406. The monoisotopic (exact) mass is 184 g/mol. The van der Waals surface area contributed by atoms with Gasteiger partial charge in [0.2, 0.25) is 0 Å². The Hall–Kier alpha value is -0.0400. The second-order valence-electron chi connectivity index (χ2n) is 5.41. The molecule has 0 amide bonds. The summed E-state index contributed by atoms with van der Waals surface area (Å²) in [6.45, 7) is 9.05. The van der Waals surface area contributed by atoms with Gasteiger partial charge in [-0.2, -0.15) is 0 Å². The molecule has 0 aromatic heterocycles. The first kappa shape index (κ1) is 11.0. The summed E-state index contributed by atoms with van der Waals surface area (Å²) >= 11 is 0. The van der Waals surface area contributed by atoms with Gasteiger partial charge < -0.3 is 5.11 Å². The van der Waals surface area contributed by atoms with E-state index >= 15 is 0 Å². The zero-order valence-corrected chi connectivity index (χ0v) is 9.46. The van der Waals surface area contributed by atoms with Gasteiger partial charge in [0.05, 0.1) is 6.10 Å². The third-order valence-corrected chi connectivity index (χ3v) is 3.39. The number of aliphatic hydroxyl groups is 1. The van der Waals surface area contributed by atoms with E-state index in [4.69, 9.17) is 0 Å². The molecule has 0 spiro atoms. The lowest BCUT2D eigenvalue weighted by Crippen LogP contribution is -2.35. The van der Waals surface area contributed by atoms with Gasteiger partial charge in [-0.15, -0.1) is 0 Å². The van der Waals surface area contributed by atoms with E-state index in [1.165, 1.54) is 12.8 Å². The first-order valence-electron chi connectivity index (χ1n) is 5.68. The van der Waals surface area contributed by atoms with Crippen molar-refractivity contribution in [1.29, 1.82) is 0 Å². The normalized spacial score (nSPS) is 41.1. The van der Waals surface area contributed by atoms with Crippen molar-refractivity contribution >= 4 is 0 Å². The largest absolute Gasteiger partial charge is 0.393 e. The first-order chi connectivity index (χ1) is 6.00. The molecule has 4 atom stereocenters. The molecular weight excluding hydrogens is 160 g/mol. The number of hydrogen-bond donors (Lipinski definition) is 1. The molecule has 1 saturated carbocycles. The molecule has 4 unspecified atom stereocenters. The highest BCUT2D eigenvalue weighted by Gasteiger charge is 2.32. The second kappa shape index (κ2) is 4.45. The van der Waals surface area contributed by atoms with Gasteiger partial charge in [0.1, 0.15) is 0 Å². The van der Waals surface area contributed by atoms with Crippen molar-refractivity contribution in [3.8, 4) is 0 Å². The predicted molar refractivity (Wildman–Crippen MR) is 56.5 cm³/mol. The van der Waals surface area contributed by atoms with Gasteiger partial charge in [-0.1, -0.05) is 27.7 Å². The minimum absolute atomic E-state index is 0.0406. The lowest BCUT2D eigenvalue weighted by molar-refractivity contribution is 0.00635. The van der Waals surface area contributed by atoms with Crippen molar-refractivity contribution in [2.75, 3.05) is 0 Å². The topological polar surface area (TPSA) is 20.2 Å². The van der Waals surface area contributed by atoms with Crippen LogP contribution in [0.15, 0.2) is 0 Å². The predicted octanol–water partition coefficient (Wildman–Crippen LogP) is 3.08. The Morgan fingerprint density at radius 1 is 1.23 bits per heavy atom. The van der Waals surface area contributed by atoms with Gasteiger partial charge in [0.25, 0.3) is 0 Å². The Kier molecular flexibility index (Phi) is 3.78. The maximum Gasteiger partial charge on any atom is 0.0573 e. The van der Waals surface area contributed by atoms with E-state index in [1.54, 1.807) is 0 Å². The Morgan fingerprint density at radius 2 is 1.85 bits per heavy atom. The standard InChI is InChI=1S/C12H24O/c1-8(2)5-11-10(4)6-9(3)7-12(11)13/h8-13H,5-7H2,1-4H3. The van der Waals surface area contributed by atoms with E-state index < -0.39 is 0 Å². The fraction of sp³-hybridized carbons (Fsp3) is 1.00. The van der Waals surface area contributed by atoms with Crippen LogP contribution in [0.1, 0.15) is 47.0 Å². The fourth-order valence-electron chi connectivity index (χ4n) is 2.81. The Morgan fingerprint density at radius 3 is 2.31 bits per heavy atom. The van der Waals surface area contributed by atoms with Crippen molar-refractivity contribution in [3.05, 3.63) is 0 Å². The molecular formula is C12H24O. The molecule has 0 radical (unpaired) electrons. The van der Waals surface area contributed by atoms with Gasteiger partial charge in [-0.25, -0.2) is 0 Å². The van der Waals surface area contributed by atoms with E-state index in [0.29, 0.717) is 17.8 Å². The van der Waals surface area contributed by atoms with Crippen LogP contribution in [-0.4, -0.2) is 11.2 Å². The molecule has 0 bridgehead atoms. The quantitative estimate of drug-likeness (QED) is 0.699. The Bertz CT molecular complexity index is 141. The summed E-state index contributed by atoms with van der Waals surface area (Å²) in [5.41, 5.74) is 0. The van der Waals surface area contributed by atoms with Crippen molar-refractivity contribution in [2.45, 2.75) is 53.1 Å². The summed E-state index contributed by atoms with van der Waals surface area (Å²) < 4.78 is 0. The van der Waals surface area contributed by atoms with Crippen LogP contribution >= 0.6 is 0 Å². The lowest BCUT2D eigenvalue weighted by atomic mass is 9.71. The molecule has 0 heterocycles. The zero-order valence-electron chi connectivity index (χ0n) is 9.46. The van der Waals surface area contributed by atoms with Gasteiger partial charge in [0, 0.05) is 0 Å². The molecule has 1 fully saturated rings. The van der Waals surface area contributed by atoms with Crippen LogP contribution in [0.3, 0.4) is 0 Å². The van der Waals surface area contributed by atoms with Crippen LogP contribution in [0.25, 0.3) is 0 Å². The van der Waals surface area contributed by atoms with Crippen LogP contribution in [0.2, 0.25) is 0 Å². The molecule has 1 nitrogen and oxygen atoms in total.